The Morgan fingerprint density at radius 2 is 1.41 bits per heavy atom. The molecule has 10 nitrogen and oxygen atoms in total. The fourth-order valence-corrected chi connectivity index (χ4v) is 5.07. The minimum atomic E-state index is -0.643. The molecule has 1 fully saturated rings. The number of carbonyl (C=O) groups is 1. The van der Waals surface area contributed by atoms with E-state index in [0.29, 0.717) is 89.9 Å². The number of hydrogen-bond donors (Lipinski definition) is 0. The molecule has 2 aromatic carbocycles. The molecule has 0 bridgehead atoms. The summed E-state index contributed by atoms with van der Waals surface area (Å²) in [6.45, 7) is 5.45. The molecule has 4 rings (SSSR count). The Hall–Kier alpha value is -3.92. The third-order valence-corrected chi connectivity index (χ3v) is 6.77. The molecule has 0 atom stereocenters. The van der Waals surface area contributed by atoms with Crippen LogP contribution >= 0.6 is 0 Å². The molecule has 0 unspecified atom stereocenters. The number of aromatic nitrogens is 1. The zero-order valence-electron chi connectivity index (χ0n) is 23.3. The molecular formula is C29H35NO9. The summed E-state index contributed by atoms with van der Waals surface area (Å²) in [5.74, 6) is 1.46. The quantitative estimate of drug-likeness (QED) is 0.340. The number of nitrogens with zero attached hydrogens (tertiary/aromatic N) is 1. The first-order chi connectivity index (χ1) is 18.9. The van der Waals surface area contributed by atoms with Gasteiger partial charge in [0.1, 0.15) is 5.69 Å². The summed E-state index contributed by atoms with van der Waals surface area (Å²) in [5.41, 5.74) is 0.855. The Morgan fingerprint density at radius 1 is 0.846 bits per heavy atom. The molecule has 0 saturated carbocycles. The van der Waals surface area contributed by atoms with Gasteiger partial charge < -0.3 is 33.2 Å². The van der Waals surface area contributed by atoms with Crippen LogP contribution in [0, 0.1) is 0 Å². The topological polar surface area (TPSA) is 104 Å². The molecular weight excluding hydrogens is 506 g/mol. The Labute approximate surface area is 227 Å². The summed E-state index contributed by atoms with van der Waals surface area (Å²) in [4.78, 5) is 27.7. The van der Waals surface area contributed by atoms with Gasteiger partial charge in [-0.3, -0.25) is 9.36 Å². The SMILES string of the molecule is CCOc1cc2c(-c3cc(OC)c(OC)c(OC)c3)c(C(=O)OC)n(C3CCOCC3)c(=O)c2cc1OCC. The minimum Gasteiger partial charge on any atom is -0.493 e. The van der Waals surface area contributed by atoms with E-state index in [9.17, 15) is 9.59 Å². The van der Waals surface area contributed by atoms with Crippen molar-refractivity contribution in [1.82, 2.24) is 4.57 Å². The van der Waals surface area contributed by atoms with Crippen LogP contribution in [-0.2, 0) is 9.47 Å². The number of ether oxygens (including phenoxy) is 7. The summed E-state index contributed by atoms with van der Waals surface area (Å²) in [6.07, 6.45) is 1.14. The minimum absolute atomic E-state index is 0.128. The van der Waals surface area contributed by atoms with Gasteiger partial charge in [0.2, 0.25) is 5.75 Å². The van der Waals surface area contributed by atoms with Crippen LogP contribution < -0.4 is 29.2 Å². The molecule has 3 aromatic rings. The van der Waals surface area contributed by atoms with E-state index in [1.807, 2.05) is 13.8 Å². The molecule has 10 heteroatoms. The molecule has 210 valence electrons. The van der Waals surface area contributed by atoms with Crippen LogP contribution in [0.4, 0.5) is 0 Å². The third-order valence-electron chi connectivity index (χ3n) is 6.77. The highest BCUT2D eigenvalue weighted by Gasteiger charge is 2.31. The number of esters is 1. The predicted octanol–water partition coefficient (Wildman–Crippen LogP) is 4.63. The maximum absolute atomic E-state index is 14.2. The van der Waals surface area contributed by atoms with E-state index in [4.69, 9.17) is 33.2 Å². The number of carbonyl (C=O) groups excluding carboxylic acids is 1. The maximum atomic E-state index is 14.2. The lowest BCUT2D eigenvalue weighted by Crippen LogP contribution is -2.34. The fourth-order valence-electron chi connectivity index (χ4n) is 5.07. The molecule has 1 saturated heterocycles. The van der Waals surface area contributed by atoms with Gasteiger partial charge in [-0.2, -0.15) is 0 Å². The zero-order chi connectivity index (χ0) is 28.1. The Bertz CT molecular complexity index is 1380. The Morgan fingerprint density at radius 3 is 1.90 bits per heavy atom. The summed E-state index contributed by atoms with van der Waals surface area (Å²) in [5, 5.41) is 0.884. The van der Waals surface area contributed by atoms with E-state index in [2.05, 4.69) is 0 Å². The van der Waals surface area contributed by atoms with Crippen LogP contribution in [0.15, 0.2) is 29.1 Å². The largest absolute Gasteiger partial charge is 0.493 e. The second-order valence-corrected chi connectivity index (χ2v) is 8.86. The monoisotopic (exact) mass is 541 g/mol. The summed E-state index contributed by atoms with van der Waals surface area (Å²) in [6, 6.07) is 6.65. The van der Waals surface area contributed by atoms with E-state index in [1.54, 1.807) is 28.8 Å². The molecule has 39 heavy (non-hydrogen) atoms. The highest BCUT2D eigenvalue weighted by atomic mass is 16.5. The highest BCUT2D eigenvalue weighted by molar-refractivity contribution is 6.08. The van der Waals surface area contributed by atoms with Crippen LogP contribution in [0.3, 0.4) is 0 Å². The molecule has 1 aliphatic rings. The number of methoxy groups -OCH3 is 4. The number of hydrogen-bond acceptors (Lipinski definition) is 9. The second-order valence-electron chi connectivity index (χ2n) is 8.86. The lowest BCUT2D eigenvalue weighted by molar-refractivity contribution is 0.0538. The molecule has 0 spiro atoms. The smallest absolute Gasteiger partial charge is 0.355 e. The molecule has 0 radical (unpaired) electrons. The van der Waals surface area contributed by atoms with Crippen molar-refractivity contribution >= 4 is 16.7 Å². The molecule has 1 aromatic heterocycles. The van der Waals surface area contributed by atoms with Crippen molar-refractivity contribution in [3.63, 3.8) is 0 Å². The van der Waals surface area contributed by atoms with Crippen molar-refractivity contribution in [2.24, 2.45) is 0 Å². The van der Waals surface area contributed by atoms with Gasteiger partial charge in [0, 0.05) is 30.2 Å². The molecule has 0 amide bonds. The number of fused-ring (bicyclic) bond motifs is 1. The molecule has 0 N–H and O–H groups in total. The van der Waals surface area contributed by atoms with Crippen LogP contribution in [0.5, 0.6) is 28.7 Å². The third kappa shape index (κ3) is 5.21. The van der Waals surface area contributed by atoms with Crippen molar-refractivity contribution in [2.75, 3.05) is 54.9 Å². The van der Waals surface area contributed by atoms with Crippen molar-refractivity contribution in [1.29, 1.82) is 0 Å². The van der Waals surface area contributed by atoms with E-state index >= 15 is 0 Å². The van der Waals surface area contributed by atoms with E-state index in [0.717, 1.165) is 0 Å². The highest BCUT2D eigenvalue weighted by Crippen LogP contribution is 2.45. The van der Waals surface area contributed by atoms with Crippen molar-refractivity contribution < 1.29 is 38.0 Å². The van der Waals surface area contributed by atoms with Gasteiger partial charge in [-0.15, -0.1) is 0 Å². The van der Waals surface area contributed by atoms with Crippen LogP contribution in [0.25, 0.3) is 21.9 Å². The summed E-state index contributed by atoms with van der Waals surface area (Å²) in [7, 11) is 5.86. The normalized spacial score (nSPS) is 13.7. The van der Waals surface area contributed by atoms with Crippen LogP contribution in [0.2, 0.25) is 0 Å². The predicted molar refractivity (Wildman–Crippen MR) is 146 cm³/mol. The van der Waals surface area contributed by atoms with E-state index < -0.39 is 5.97 Å². The van der Waals surface area contributed by atoms with Gasteiger partial charge in [0.25, 0.3) is 5.56 Å². The van der Waals surface area contributed by atoms with E-state index in [-0.39, 0.29) is 17.3 Å². The van der Waals surface area contributed by atoms with Crippen molar-refractivity contribution in [2.45, 2.75) is 32.7 Å². The Kier molecular flexibility index (Phi) is 8.86. The average Bonchev–Trinajstić information content (AvgIpc) is 2.97. The molecule has 0 aliphatic carbocycles. The maximum Gasteiger partial charge on any atom is 0.355 e. The van der Waals surface area contributed by atoms with Crippen LogP contribution in [0.1, 0.15) is 43.2 Å². The first-order valence-corrected chi connectivity index (χ1v) is 12.9. The first kappa shape index (κ1) is 28.1. The summed E-state index contributed by atoms with van der Waals surface area (Å²) >= 11 is 0. The zero-order valence-corrected chi connectivity index (χ0v) is 23.3. The van der Waals surface area contributed by atoms with Gasteiger partial charge in [-0.25, -0.2) is 4.79 Å². The standard InChI is InChI=1S/C29H35NO9/c1-7-38-21-15-19-20(16-22(21)39-8-2)28(31)30(18-9-11-37-12-10-18)26(29(32)36-6)25(19)17-13-23(33-3)27(35-5)24(14-17)34-4/h13-16,18H,7-12H2,1-6H3. The first-order valence-electron chi connectivity index (χ1n) is 12.9. The second kappa shape index (κ2) is 12.3. The van der Waals surface area contributed by atoms with Gasteiger partial charge in [-0.05, 0) is 56.5 Å². The van der Waals surface area contributed by atoms with Crippen molar-refractivity contribution in [3.8, 4) is 39.9 Å². The molecule has 2 heterocycles. The van der Waals surface area contributed by atoms with Gasteiger partial charge in [0.15, 0.2) is 23.0 Å². The van der Waals surface area contributed by atoms with Gasteiger partial charge in [-0.1, -0.05) is 0 Å². The summed E-state index contributed by atoms with van der Waals surface area (Å²) < 4.78 is 40.8. The van der Waals surface area contributed by atoms with Gasteiger partial charge in [0.05, 0.1) is 47.0 Å². The van der Waals surface area contributed by atoms with Gasteiger partial charge >= 0.3 is 5.97 Å². The van der Waals surface area contributed by atoms with Crippen molar-refractivity contribution in [3.05, 3.63) is 40.3 Å². The number of rotatable bonds is 10. The molecule has 1 aliphatic heterocycles. The van der Waals surface area contributed by atoms with Crippen LogP contribution in [-0.4, -0.2) is 65.4 Å². The fraction of sp³-hybridized carbons (Fsp3) is 0.448. The van der Waals surface area contributed by atoms with E-state index in [1.165, 1.54) is 28.4 Å². The Balaban J connectivity index is 2.22. The lowest BCUT2D eigenvalue weighted by Gasteiger charge is -2.28. The number of pyridine rings is 1. The lowest BCUT2D eigenvalue weighted by atomic mass is 9.94. The number of benzene rings is 2. The average molecular weight is 542 g/mol.